The number of cyclic esters (lactones) is 1. The minimum Gasteiger partial charge on any atom is -0.441 e. The maximum atomic E-state index is 13.7. The number of anilines is 3. The molecule has 1 atom stereocenters. The van der Waals surface area contributed by atoms with Gasteiger partial charge in [0.25, 0.3) is 0 Å². The van der Waals surface area contributed by atoms with Crippen LogP contribution in [-0.2, 0) is 15.7 Å². The molecule has 2 aromatic rings. The smallest absolute Gasteiger partial charge is 0.434 e. The zero-order valence-corrected chi connectivity index (χ0v) is 17.8. The molecule has 2 aliphatic heterocycles. The molecule has 0 aromatic carbocycles. The maximum Gasteiger partial charge on any atom is 0.434 e. The molecule has 11 nitrogen and oxygen atoms in total. The van der Waals surface area contributed by atoms with Crippen molar-refractivity contribution < 1.29 is 32.5 Å². The lowest BCUT2D eigenvalue weighted by atomic mass is 9.99. The first-order valence-corrected chi connectivity index (χ1v) is 10.1. The molecule has 2 aromatic heterocycles. The summed E-state index contributed by atoms with van der Waals surface area (Å²) < 4.78 is 51.8. The first-order chi connectivity index (χ1) is 15.5. The van der Waals surface area contributed by atoms with Crippen LogP contribution in [0.4, 0.5) is 35.7 Å². The number of aliphatic hydroxyl groups is 1. The van der Waals surface area contributed by atoms with Crippen molar-refractivity contribution in [1.82, 2.24) is 19.9 Å². The van der Waals surface area contributed by atoms with Gasteiger partial charge in [-0.15, -0.1) is 0 Å². The van der Waals surface area contributed by atoms with Gasteiger partial charge in [0.2, 0.25) is 11.9 Å². The van der Waals surface area contributed by atoms with Crippen LogP contribution in [0.15, 0.2) is 12.3 Å². The quantitative estimate of drug-likeness (QED) is 0.676. The molecule has 4 heterocycles. The minimum absolute atomic E-state index is 0.0268. The van der Waals surface area contributed by atoms with E-state index in [-0.39, 0.29) is 17.5 Å². The fourth-order valence-electron chi connectivity index (χ4n) is 3.72. The van der Waals surface area contributed by atoms with Crippen LogP contribution >= 0.6 is 0 Å². The first-order valence-electron chi connectivity index (χ1n) is 10.1. The largest absolute Gasteiger partial charge is 0.441 e. The summed E-state index contributed by atoms with van der Waals surface area (Å²) >= 11 is 0. The first kappa shape index (κ1) is 22.9. The van der Waals surface area contributed by atoms with Gasteiger partial charge in [0.15, 0.2) is 5.69 Å². The van der Waals surface area contributed by atoms with Gasteiger partial charge in [-0.2, -0.15) is 18.2 Å². The van der Waals surface area contributed by atoms with Gasteiger partial charge in [-0.25, -0.2) is 19.7 Å². The summed E-state index contributed by atoms with van der Waals surface area (Å²) in [6, 6.07) is 0.384. The van der Waals surface area contributed by atoms with Gasteiger partial charge < -0.3 is 25.2 Å². The van der Waals surface area contributed by atoms with E-state index in [4.69, 9.17) is 15.2 Å². The molecule has 2 fully saturated rings. The predicted molar refractivity (Wildman–Crippen MR) is 109 cm³/mol. The molecule has 4 rings (SSSR count). The Labute approximate surface area is 186 Å². The molecule has 14 heteroatoms. The number of aromatic nitrogens is 4. The predicted octanol–water partition coefficient (Wildman–Crippen LogP) is 1.47. The fraction of sp³-hybridized carbons (Fsp3) is 0.526. The van der Waals surface area contributed by atoms with Gasteiger partial charge in [-0.05, 0) is 13.8 Å². The molecular formula is C19H22F3N7O4. The van der Waals surface area contributed by atoms with E-state index in [1.165, 1.54) is 6.07 Å². The molecule has 1 amide bonds. The van der Waals surface area contributed by atoms with Crippen LogP contribution in [-0.4, -0.2) is 75.7 Å². The summed E-state index contributed by atoms with van der Waals surface area (Å²) in [6.07, 6.45) is -4.70. The number of halogens is 3. The second-order valence-electron chi connectivity index (χ2n) is 8.04. The zero-order chi connectivity index (χ0) is 24.0. The molecule has 2 aliphatic rings. The van der Waals surface area contributed by atoms with Crippen molar-refractivity contribution in [3.05, 3.63) is 18.0 Å². The van der Waals surface area contributed by atoms with E-state index in [9.17, 15) is 23.1 Å². The highest BCUT2D eigenvalue weighted by atomic mass is 19.4. The molecule has 0 saturated carbocycles. The molecule has 0 spiro atoms. The van der Waals surface area contributed by atoms with Crippen molar-refractivity contribution >= 4 is 23.8 Å². The highest BCUT2D eigenvalue weighted by Gasteiger charge is 2.49. The molecule has 2 saturated heterocycles. The minimum atomic E-state index is -4.83. The van der Waals surface area contributed by atoms with Crippen LogP contribution in [0.5, 0.6) is 0 Å². The summed E-state index contributed by atoms with van der Waals surface area (Å²) in [5.74, 6) is -0.481. The molecule has 0 bridgehead atoms. The Bertz CT molecular complexity index is 1060. The van der Waals surface area contributed by atoms with Crippen LogP contribution in [0.1, 0.15) is 19.5 Å². The van der Waals surface area contributed by atoms with Crippen molar-refractivity contribution in [1.29, 1.82) is 0 Å². The summed E-state index contributed by atoms with van der Waals surface area (Å²) in [5, 5.41) is 9.91. The Kier molecular flexibility index (Phi) is 5.74. The number of carbonyl (C=O) groups excluding carboxylic acids is 1. The number of alkyl halides is 3. The average molecular weight is 469 g/mol. The van der Waals surface area contributed by atoms with E-state index in [0.29, 0.717) is 26.3 Å². The highest BCUT2D eigenvalue weighted by molar-refractivity contribution is 5.91. The number of ether oxygens (including phenoxy) is 2. The molecule has 0 unspecified atom stereocenters. The van der Waals surface area contributed by atoms with Gasteiger partial charge in [0, 0.05) is 30.9 Å². The second kappa shape index (κ2) is 8.26. The van der Waals surface area contributed by atoms with Crippen molar-refractivity contribution in [2.24, 2.45) is 0 Å². The summed E-state index contributed by atoms with van der Waals surface area (Å²) in [6.45, 7) is 4.32. The van der Waals surface area contributed by atoms with Crippen molar-refractivity contribution in [3.63, 3.8) is 0 Å². The Hall–Kier alpha value is -3.26. The van der Waals surface area contributed by atoms with Crippen molar-refractivity contribution in [2.75, 3.05) is 48.4 Å². The van der Waals surface area contributed by atoms with E-state index in [0.717, 1.165) is 11.1 Å². The van der Waals surface area contributed by atoms with E-state index in [1.807, 2.05) is 0 Å². The number of hydrogen-bond acceptors (Lipinski definition) is 10. The topological polar surface area (TPSA) is 140 Å². The van der Waals surface area contributed by atoms with Crippen molar-refractivity contribution in [2.45, 2.75) is 31.7 Å². The third-order valence-corrected chi connectivity index (χ3v) is 5.43. The van der Waals surface area contributed by atoms with E-state index >= 15 is 0 Å². The number of carbonyl (C=O) groups is 1. The standard InChI is InChI=1S/C19H22F3N7O4/c1-18(2)12(9-30)29(17(31)33-18)13-7-11(25-16(26-13)28-3-5-32-6-4-28)10-8-24-15(23)27-14(10)19(20,21)22/h7-8,12,30H,3-6,9H2,1-2H3,(H2,23,24,27)/t12-/m0/s1. The van der Waals surface area contributed by atoms with Gasteiger partial charge in [-0.1, -0.05) is 0 Å². The number of hydrogen-bond donors (Lipinski definition) is 2. The lowest BCUT2D eigenvalue weighted by molar-refractivity contribution is -0.140. The molecular weight excluding hydrogens is 447 g/mol. The van der Waals surface area contributed by atoms with Gasteiger partial charge in [0.1, 0.15) is 17.5 Å². The SMILES string of the molecule is CC1(C)OC(=O)N(c2cc(-c3cnc(N)nc3C(F)(F)F)nc(N3CCOCC3)n2)[C@H]1CO. The second-order valence-corrected chi connectivity index (χ2v) is 8.04. The summed E-state index contributed by atoms with van der Waals surface area (Å²) in [7, 11) is 0. The molecule has 0 radical (unpaired) electrons. The maximum absolute atomic E-state index is 13.7. The Morgan fingerprint density at radius 2 is 1.94 bits per heavy atom. The van der Waals surface area contributed by atoms with Crippen molar-refractivity contribution in [3.8, 4) is 11.3 Å². The van der Waals surface area contributed by atoms with Crippen LogP contribution in [0.2, 0.25) is 0 Å². The number of nitrogen functional groups attached to an aromatic ring is 1. The van der Waals surface area contributed by atoms with E-state index < -0.39 is 47.7 Å². The zero-order valence-electron chi connectivity index (χ0n) is 17.8. The number of amides is 1. The molecule has 0 aliphatic carbocycles. The Balaban J connectivity index is 1.90. The van der Waals surface area contributed by atoms with Gasteiger partial charge >= 0.3 is 12.3 Å². The fourth-order valence-corrected chi connectivity index (χ4v) is 3.72. The van der Waals surface area contributed by atoms with Crippen LogP contribution in [0.3, 0.4) is 0 Å². The van der Waals surface area contributed by atoms with Crippen LogP contribution in [0, 0.1) is 0 Å². The van der Waals surface area contributed by atoms with E-state index in [1.54, 1.807) is 18.7 Å². The number of aliphatic hydroxyl groups excluding tert-OH is 1. The van der Waals surface area contributed by atoms with Gasteiger partial charge in [-0.3, -0.25) is 4.90 Å². The van der Waals surface area contributed by atoms with Crippen LogP contribution in [0.25, 0.3) is 11.3 Å². The number of nitrogens with two attached hydrogens (primary N) is 1. The third-order valence-electron chi connectivity index (χ3n) is 5.43. The third kappa shape index (κ3) is 4.35. The Morgan fingerprint density at radius 3 is 2.58 bits per heavy atom. The number of morpholine rings is 1. The number of nitrogens with zero attached hydrogens (tertiary/aromatic N) is 6. The van der Waals surface area contributed by atoms with E-state index in [2.05, 4.69) is 19.9 Å². The molecule has 33 heavy (non-hydrogen) atoms. The summed E-state index contributed by atoms with van der Waals surface area (Å²) in [5.41, 5.74) is 2.47. The monoisotopic (exact) mass is 469 g/mol. The summed E-state index contributed by atoms with van der Waals surface area (Å²) in [4.78, 5) is 31.3. The van der Waals surface area contributed by atoms with Gasteiger partial charge in [0.05, 0.1) is 25.5 Å². The van der Waals surface area contributed by atoms with Crippen LogP contribution < -0.4 is 15.5 Å². The normalized spacial score (nSPS) is 20.8. The Morgan fingerprint density at radius 1 is 1.24 bits per heavy atom. The highest BCUT2D eigenvalue weighted by Crippen LogP contribution is 2.38. The number of rotatable bonds is 4. The lowest BCUT2D eigenvalue weighted by Gasteiger charge is -2.29. The lowest BCUT2D eigenvalue weighted by Crippen LogP contribution is -2.45. The average Bonchev–Trinajstić information content (AvgIpc) is 3.00. The molecule has 3 N–H and O–H groups in total. The molecule has 178 valence electrons.